The van der Waals surface area contributed by atoms with Gasteiger partial charge < -0.3 is 5.73 Å². The SMILES string of the molecule is Nc1cccc(-c2cn[nH]n2)n1. The summed E-state index contributed by atoms with van der Waals surface area (Å²) in [6.07, 6.45) is 1.60. The first kappa shape index (κ1) is 6.78. The van der Waals surface area contributed by atoms with Crippen molar-refractivity contribution in [2.24, 2.45) is 0 Å². The number of H-pyrrole nitrogens is 1. The van der Waals surface area contributed by atoms with Gasteiger partial charge in [0.25, 0.3) is 0 Å². The van der Waals surface area contributed by atoms with E-state index in [0.717, 1.165) is 5.69 Å². The van der Waals surface area contributed by atoms with Crippen molar-refractivity contribution in [3.63, 3.8) is 0 Å². The summed E-state index contributed by atoms with van der Waals surface area (Å²) in [5.41, 5.74) is 6.92. The van der Waals surface area contributed by atoms with Crippen molar-refractivity contribution < 1.29 is 0 Å². The number of nitrogen functional groups attached to an aromatic ring is 1. The number of pyridine rings is 1. The number of aromatic nitrogens is 4. The molecule has 0 saturated heterocycles. The van der Waals surface area contributed by atoms with Gasteiger partial charge in [-0.3, -0.25) is 0 Å². The minimum absolute atomic E-state index is 0.482. The van der Waals surface area contributed by atoms with Crippen molar-refractivity contribution in [2.75, 3.05) is 5.73 Å². The van der Waals surface area contributed by atoms with Crippen LogP contribution < -0.4 is 5.73 Å². The first-order valence-corrected chi connectivity index (χ1v) is 3.45. The van der Waals surface area contributed by atoms with Gasteiger partial charge in [0.15, 0.2) is 0 Å². The third-order valence-corrected chi connectivity index (χ3v) is 1.45. The predicted octanol–water partition coefficient (Wildman–Crippen LogP) is 0.449. The second-order valence-corrected chi connectivity index (χ2v) is 2.30. The summed E-state index contributed by atoms with van der Waals surface area (Å²) in [5, 5.41) is 10.1. The van der Waals surface area contributed by atoms with Gasteiger partial charge in [0, 0.05) is 0 Å². The Labute approximate surface area is 68.6 Å². The van der Waals surface area contributed by atoms with E-state index < -0.39 is 0 Å². The molecular formula is C7H7N5. The summed E-state index contributed by atoms with van der Waals surface area (Å²) in [5.74, 6) is 0.482. The molecule has 0 aromatic carbocycles. The fraction of sp³-hybridized carbons (Fsp3) is 0. The quantitative estimate of drug-likeness (QED) is 0.636. The molecule has 2 heterocycles. The number of hydrogen-bond acceptors (Lipinski definition) is 4. The number of nitrogens with one attached hydrogen (secondary N) is 1. The molecule has 60 valence electrons. The van der Waals surface area contributed by atoms with Crippen LogP contribution in [0, 0.1) is 0 Å². The molecule has 0 radical (unpaired) electrons. The molecule has 0 amide bonds. The number of anilines is 1. The van der Waals surface area contributed by atoms with Gasteiger partial charge in [0.05, 0.1) is 11.9 Å². The smallest absolute Gasteiger partial charge is 0.131 e. The molecule has 5 nitrogen and oxygen atoms in total. The van der Waals surface area contributed by atoms with E-state index in [0.29, 0.717) is 11.5 Å². The lowest BCUT2D eigenvalue weighted by Crippen LogP contribution is -1.91. The van der Waals surface area contributed by atoms with Crippen LogP contribution in [-0.4, -0.2) is 20.4 Å². The molecule has 0 spiro atoms. The minimum atomic E-state index is 0.482. The van der Waals surface area contributed by atoms with E-state index in [2.05, 4.69) is 20.4 Å². The molecular weight excluding hydrogens is 154 g/mol. The third kappa shape index (κ3) is 1.12. The van der Waals surface area contributed by atoms with Crippen LogP contribution in [0.2, 0.25) is 0 Å². The lowest BCUT2D eigenvalue weighted by atomic mass is 10.3. The molecule has 0 atom stereocenters. The fourth-order valence-electron chi connectivity index (χ4n) is 0.919. The van der Waals surface area contributed by atoms with Crippen LogP contribution in [0.15, 0.2) is 24.4 Å². The highest BCUT2D eigenvalue weighted by molar-refractivity contribution is 5.54. The van der Waals surface area contributed by atoms with E-state index in [4.69, 9.17) is 5.73 Å². The number of nitrogens with two attached hydrogens (primary N) is 1. The Balaban J connectivity index is 2.48. The van der Waals surface area contributed by atoms with E-state index in [9.17, 15) is 0 Å². The molecule has 0 aliphatic heterocycles. The van der Waals surface area contributed by atoms with Crippen LogP contribution in [-0.2, 0) is 0 Å². The first-order valence-electron chi connectivity index (χ1n) is 3.45. The highest BCUT2D eigenvalue weighted by atomic mass is 15.3. The third-order valence-electron chi connectivity index (χ3n) is 1.45. The zero-order valence-electron chi connectivity index (χ0n) is 6.23. The number of aromatic amines is 1. The van der Waals surface area contributed by atoms with Gasteiger partial charge in [-0.05, 0) is 12.1 Å². The van der Waals surface area contributed by atoms with E-state index in [1.54, 1.807) is 12.3 Å². The van der Waals surface area contributed by atoms with Crippen LogP contribution in [0.5, 0.6) is 0 Å². The zero-order chi connectivity index (χ0) is 8.39. The summed E-state index contributed by atoms with van der Waals surface area (Å²) in [4.78, 5) is 4.07. The molecule has 5 heteroatoms. The van der Waals surface area contributed by atoms with Crippen LogP contribution in [0.1, 0.15) is 0 Å². The molecule has 0 unspecified atom stereocenters. The highest BCUT2D eigenvalue weighted by Crippen LogP contribution is 2.12. The molecule has 3 N–H and O–H groups in total. The van der Waals surface area contributed by atoms with Crippen molar-refractivity contribution in [3.8, 4) is 11.4 Å². The van der Waals surface area contributed by atoms with Crippen LogP contribution in [0.25, 0.3) is 11.4 Å². The van der Waals surface area contributed by atoms with Gasteiger partial charge in [-0.15, -0.1) is 0 Å². The van der Waals surface area contributed by atoms with E-state index in [1.807, 2.05) is 12.1 Å². The number of rotatable bonds is 1. The molecule has 2 aromatic rings. The Morgan fingerprint density at radius 1 is 1.25 bits per heavy atom. The molecule has 0 aliphatic carbocycles. The Hall–Kier alpha value is -1.91. The lowest BCUT2D eigenvalue weighted by Gasteiger charge is -1.94. The van der Waals surface area contributed by atoms with Gasteiger partial charge >= 0.3 is 0 Å². The normalized spacial score (nSPS) is 10.0. The molecule has 0 aliphatic rings. The van der Waals surface area contributed by atoms with E-state index >= 15 is 0 Å². The maximum atomic E-state index is 5.50. The van der Waals surface area contributed by atoms with Gasteiger partial charge in [0.1, 0.15) is 11.5 Å². The monoisotopic (exact) mass is 161 g/mol. The summed E-state index contributed by atoms with van der Waals surface area (Å²) < 4.78 is 0. The van der Waals surface area contributed by atoms with Crippen molar-refractivity contribution in [1.82, 2.24) is 20.4 Å². The van der Waals surface area contributed by atoms with Gasteiger partial charge in [-0.2, -0.15) is 15.4 Å². The average Bonchev–Trinajstić information content (AvgIpc) is 2.56. The Morgan fingerprint density at radius 2 is 2.17 bits per heavy atom. The molecule has 0 bridgehead atoms. The largest absolute Gasteiger partial charge is 0.384 e. The van der Waals surface area contributed by atoms with Gasteiger partial charge in [-0.25, -0.2) is 4.98 Å². The summed E-state index contributed by atoms with van der Waals surface area (Å²) in [7, 11) is 0. The van der Waals surface area contributed by atoms with Gasteiger partial charge in [0.2, 0.25) is 0 Å². The summed E-state index contributed by atoms with van der Waals surface area (Å²) >= 11 is 0. The molecule has 0 saturated carbocycles. The fourth-order valence-corrected chi connectivity index (χ4v) is 0.919. The summed E-state index contributed by atoms with van der Waals surface area (Å²) in [6.45, 7) is 0. The van der Waals surface area contributed by atoms with Crippen molar-refractivity contribution >= 4 is 5.82 Å². The minimum Gasteiger partial charge on any atom is -0.384 e. The molecule has 12 heavy (non-hydrogen) atoms. The average molecular weight is 161 g/mol. The standard InChI is InChI=1S/C7H7N5/c8-7-3-1-2-5(10-7)6-4-9-12-11-6/h1-4H,(H2,8,10)(H,9,11,12). The Kier molecular flexibility index (Phi) is 1.48. The number of nitrogens with zero attached hydrogens (tertiary/aromatic N) is 3. The maximum Gasteiger partial charge on any atom is 0.131 e. The zero-order valence-corrected chi connectivity index (χ0v) is 6.23. The predicted molar refractivity (Wildman–Crippen MR) is 44.0 cm³/mol. The highest BCUT2D eigenvalue weighted by Gasteiger charge is 2.00. The summed E-state index contributed by atoms with van der Waals surface area (Å²) in [6, 6.07) is 5.38. The first-order chi connectivity index (χ1) is 5.86. The Morgan fingerprint density at radius 3 is 2.83 bits per heavy atom. The van der Waals surface area contributed by atoms with E-state index in [-0.39, 0.29) is 0 Å². The van der Waals surface area contributed by atoms with Crippen molar-refractivity contribution in [2.45, 2.75) is 0 Å². The Bertz CT molecular complexity index is 367. The molecule has 2 rings (SSSR count). The second kappa shape index (κ2) is 2.61. The van der Waals surface area contributed by atoms with E-state index in [1.165, 1.54) is 0 Å². The lowest BCUT2D eigenvalue weighted by molar-refractivity contribution is 0.941. The topological polar surface area (TPSA) is 80.5 Å². The van der Waals surface area contributed by atoms with Crippen LogP contribution in [0.4, 0.5) is 5.82 Å². The van der Waals surface area contributed by atoms with Crippen LogP contribution in [0.3, 0.4) is 0 Å². The van der Waals surface area contributed by atoms with Crippen molar-refractivity contribution in [3.05, 3.63) is 24.4 Å². The maximum absolute atomic E-state index is 5.50. The molecule has 0 fully saturated rings. The van der Waals surface area contributed by atoms with Crippen molar-refractivity contribution in [1.29, 1.82) is 0 Å². The van der Waals surface area contributed by atoms with Gasteiger partial charge in [-0.1, -0.05) is 6.07 Å². The van der Waals surface area contributed by atoms with Crippen LogP contribution >= 0.6 is 0 Å². The number of hydrogen-bond donors (Lipinski definition) is 2. The second-order valence-electron chi connectivity index (χ2n) is 2.30. The molecule has 2 aromatic heterocycles.